The average Bonchev–Trinajstić information content (AvgIpc) is 3.11. The van der Waals surface area contributed by atoms with Crippen molar-refractivity contribution >= 4 is 53.4 Å². The number of aliphatic carboxylic acids is 1. The zero-order chi connectivity index (χ0) is 40.1. The van der Waals surface area contributed by atoms with Crippen LogP contribution in [0.4, 0.5) is 0 Å². The third kappa shape index (κ3) is 38.5. The lowest BCUT2D eigenvalue weighted by atomic mass is 10.2. The van der Waals surface area contributed by atoms with Gasteiger partial charge in [-0.25, -0.2) is 0 Å². The highest BCUT2D eigenvalue weighted by molar-refractivity contribution is 5.88. The van der Waals surface area contributed by atoms with Crippen LogP contribution in [-0.4, -0.2) is 97.7 Å². The molecule has 0 aromatic heterocycles. The van der Waals surface area contributed by atoms with Gasteiger partial charge >= 0.3 is 17.9 Å². The topological polar surface area (TPSA) is 255 Å². The Hall–Kier alpha value is -4.57. The molecule has 304 valence electrons. The largest absolute Gasteiger partial charge is 0.481 e. The number of cyclic esters (lactones) is 2. The summed E-state index contributed by atoms with van der Waals surface area (Å²) in [6.07, 6.45) is 11.8. The van der Waals surface area contributed by atoms with Crippen LogP contribution >= 0.6 is 0 Å². The Labute approximate surface area is 313 Å². The van der Waals surface area contributed by atoms with Crippen LogP contribution in [0.1, 0.15) is 136 Å². The van der Waals surface area contributed by atoms with Crippen molar-refractivity contribution in [2.45, 2.75) is 136 Å². The highest BCUT2D eigenvalue weighted by Gasteiger charge is 2.16. The minimum atomic E-state index is -0.920. The summed E-state index contributed by atoms with van der Waals surface area (Å²) in [5.74, 6) is -3.14. The predicted molar refractivity (Wildman–Crippen MR) is 197 cm³/mol. The van der Waals surface area contributed by atoms with Gasteiger partial charge in [0.25, 0.3) is 0 Å². The minimum absolute atomic E-state index is 0.0311. The van der Waals surface area contributed by atoms with Gasteiger partial charge in [-0.1, -0.05) is 59.3 Å². The van der Waals surface area contributed by atoms with Crippen LogP contribution in [-0.2, 0) is 47.9 Å². The Morgan fingerprint density at radius 1 is 0.472 bits per heavy atom. The molecule has 1 fully saturated rings. The van der Waals surface area contributed by atoms with E-state index in [1.54, 1.807) is 0 Å². The highest BCUT2D eigenvalue weighted by atomic mass is 16.6. The lowest BCUT2D eigenvalue weighted by molar-refractivity contribution is -0.163. The maximum atomic E-state index is 11.7. The number of ether oxygens (including phenoxy) is 1. The molecule has 0 unspecified atom stereocenters. The summed E-state index contributed by atoms with van der Waals surface area (Å²) in [7, 11) is 0. The molecule has 6 amide bonds. The molecule has 1 aliphatic rings. The molecule has 0 bridgehead atoms. The summed E-state index contributed by atoms with van der Waals surface area (Å²) in [4.78, 5) is 99.5. The number of carbonyl (C=O) groups excluding carboxylic acids is 8. The van der Waals surface area contributed by atoms with Gasteiger partial charge in [0.2, 0.25) is 35.4 Å². The van der Waals surface area contributed by atoms with Gasteiger partial charge in [-0.05, 0) is 38.5 Å². The number of hydrogen-bond donors (Lipinski definition) is 7. The smallest absolute Gasteiger partial charge is 0.313 e. The van der Waals surface area contributed by atoms with Crippen molar-refractivity contribution in [3.63, 3.8) is 0 Å². The molecule has 7 N–H and O–H groups in total. The molecule has 0 aromatic rings. The molecule has 1 saturated heterocycles. The summed E-state index contributed by atoms with van der Waals surface area (Å²) >= 11 is 0. The number of carbonyl (C=O) groups is 9. The maximum Gasteiger partial charge on any atom is 0.313 e. The Bertz CT molecular complexity index is 1060. The SMILES string of the molecule is CCCCCNC(=O)CNC(=O)CCCC(=O)NCC(=O)NCCCCC.CCCCCNC(=O)CNC(=O)CCCC(=O)O.O=C1CCCC(=O)O1. The zero-order valence-electron chi connectivity index (χ0n) is 32.0. The van der Waals surface area contributed by atoms with Crippen molar-refractivity contribution in [1.82, 2.24) is 31.9 Å². The first-order chi connectivity index (χ1) is 25.3. The summed E-state index contributed by atoms with van der Waals surface area (Å²) in [6.45, 7) is 7.99. The molecule has 0 radical (unpaired) electrons. The Morgan fingerprint density at radius 2 is 0.792 bits per heavy atom. The molecular formula is C36H64N6O11. The van der Waals surface area contributed by atoms with Crippen molar-refractivity contribution in [3.05, 3.63) is 0 Å². The first kappa shape index (κ1) is 50.5. The van der Waals surface area contributed by atoms with E-state index in [2.05, 4.69) is 57.4 Å². The summed E-state index contributed by atoms with van der Waals surface area (Å²) in [6, 6.07) is 0. The molecule has 17 heteroatoms. The number of hydrogen-bond acceptors (Lipinski definition) is 10. The van der Waals surface area contributed by atoms with Gasteiger partial charge in [0.05, 0.1) is 19.6 Å². The van der Waals surface area contributed by atoms with Crippen LogP contribution in [0.25, 0.3) is 0 Å². The van der Waals surface area contributed by atoms with E-state index in [1.807, 2.05) is 0 Å². The van der Waals surface area contributed by atoms with Crippen molar-refractivity contribution in [2.75, 3.05) is 39.3 Å². The zero-order valence-corrected chi connectivity index (χ0v) is 32.0. The predicted octanol–water partition coefficient (Wildman–Crippen LogP) is 1.91. The molecular weight excluding hydrogens is 692 g/mol. The van der Waals surface area contributed by atoms with E-state index >= 15 is 0 Å². The second-order valence-corrected chi connectivity index (χ2v) is 12.3. The van der Waals surface area contributed by atoms with Crippen molar-refractivity contribution < 1.29 is 53.0 Å². The summed E-state index contributed by atoms with van der Waals surface area (Å²) in [5.41, 5.74) is 0. The molecule has 1 aliphatic heterocycles. The fraction of sp³-hybridized carbons (Fsp3) is 0.750. The van der Waals surface area contributed by atoms with Gasteiger partial charge < -0.3 is 41.7 Å². The number of unbranched alkanes of at least 4 members (excludes halogenated alkanes) is 6. The van der Waals surface area contributed by atoms with Gasteiger partial charge in [0.15, 0.2) is 0 Å². The van der Waals surface area contributed by atoms with Crippen molar-refractivity contribution in [1.29, 1.82) is 0 Å². The molecule has 0 atom stereocenters. The second-order valence-electron chi connectivity index (χ2n) is 12.3. The van der Waals surface area contributed by atoms with E-state index in [1.165, 1.54) is 0 Å². The molecule has 0 aliphatic carbocycles. The van der Waals surface area contributed by atoms with E-state index in [-0.39, 0.29) is 92.7 Å². The van der Waals surface area contributed by atoms with Gasteiger partial charge in [-0.15, -0.1) is 0 Å². The van der Waals surface area contributed by atoms with Crippen LogP contribution in [0.15, 0.2) is 0 Å². The van der Waals surface area contributed by atoms with Crippen LogP contribution < -0.4 is 31.9 Å². The third-order valence-corrected chi connectivity index (χ3v) is 7.24. The van der Waals surface area contributed by atoms with E-state index in [0.29, 0.717) is 51.7 Å². The van der Waals surface area contributed by atoms with Gasteiger partial charge in [-0.2, -0.15) is 0 Å². The molecule has 1 heterocycles. The second kappa shape index (κ2) is 35.8. The number of carboxylic acids is 1. The fourth-order valence-electron chi connectivity index (χ4n) is 4.21. The highest BCUT2D eigenvalue weighted by Crippen LogP contribution is 2.06. The molecule has 53 heavy (non-hydrogen) atoms. The number of rotatable bonds is 26. The van der Waals surface area contributed by atoms with E-state index in [4.69, 9.17) is 5.11 Å². The van der Waals surface area contributed by atoms with Crippen LogP contribution in [0, 0.1) is 0 Å². The monoisotopic (exact) mass is 756 g/mol. The van der Waals surface area contributed by atoms with Gasteiger partial charge in [-0.3, -0.25) is 43.2 Å². The Morgan fingerprint density at radius 3 is 1.06 bits per heavy atom. The lowest BCUT2D eigenvalue weighted by Crippen LogP contribution is -2.38. The lowest BCUT2D eigenvalue weighted by Gasteiger charge is -2.08. The van der Waals surface area contributed by atoms with Gasteiger partial charge in [0, 0.05) is 58.2 Å². The molecule has 17 nitrogen and oxygen atoms in total. The van der Waals surface area contributed by atoms with Gasteiger partial charge in [0.1, 0.15) is 0 Å². The van der Waals surface area contributed by atoms with Crippen LogP contribution in [0.2, 0.25) is 0 Å². The van der Waals surface area contributed by atoms with E-state index in [0.717, 1.165) is 57.8 Å². The maximum absolute atomic E-state index is 11.7. The fourth-order valence-corrected chi connectivity index (χ4v) is 4.21. The number of nitrogens with one attached hydrogen (secondary N) is 6. The Kier molecular flexibility index (Phi) is 34.2. The van der Waals surface area contributed by atoms with Crippen LogP contribution in [0.3, 0.4) is 0 Å². The van der Waals surface area contributed by atoms with Crippen molar-refractivity contribution in [2.24, 2.45) is 0 Å². The molecule has 0 spiro atoms. The normalized spacial score (nSPS) is 11.6. The molecule has 1 rings (SSSR count). The number of amides is 6. The Balaban J connectivity index is 0. The third-order valence-electron chi connectivity index (χ3n) is 7.24. The average molecular weight is 757 g/mol. The van der Waals surface area contributed by atoms with E-state index in [9.17, 15) is 43.2 Å². The first-order valence-electron chi connectivity index (χ1n) is 18.9. The summed E-state index contributed by atoms with van der Waals surface area (Å²) in [5, 5.41) is 24.1. The molecule has 0 aromatic carbocycles. The van der Waals surface area contributed by atoms with Crippen molar-refractivity contribution in [3.8, 4) is 0 Å². The van der Waals surface area contributed by atoms with E-state index < -0.39 is 5.97 Å². The number of esters is 2. The van der Waals surface area contributed by atoms with Crippen LogP contribution in [0.5, 0.6) is 0 Å². The quantitative estimate of drug-likeness (QED) is 0.0381. The number of carboxylic acid groups (broad SMARTS) is 1. The standard InChI is InChI=1S/C19H36N4O4.C12H22N2O4.C5H6O3/c1-3-5-7-12-20-18(26)14-22-16(24)10-9-11-17(25)23-15-19(27)21-13-8-6-4-2;1-2-3-4-8-13-11(16)9-14-10(15)6-5-7-12(17)18;6-4-2-1-3-5(7)8-4/h3-15H2,1-2H3,(H,20,26)(H,21,27)(H,22,24)(H,23,25);2-9H2,1H3,(H,13,16)(H,14,15)(H,17,18);1-3H2. The first-order valence-corrected chi connectivity index (χ1v) is 18.9. The minimum Gasteiger partial charge on any atom is -0.481 e. The molecule has 0 saturated carbocycles. The summed E-state index contributed by atoms with van der Waals surface area (Å²) < 4.78 is 4.21.